The van der Waals surface area contributed by atoms with E-state index < -0.39 is 18.1 Å². The molecule has 0 radical (unpaired) electrons. The largest absolute Gasteiger partial charge is 0.480 e. The van der Waals surface area contributed by atoms with Crippen molar-refractivity contribution in [1.29, 1.82) is 0 Å². The molecule has 8 nitrogen and oxygen atoms in total. The number of fused-ring (bicyclic) bond motifs is 1. The second kappa shape index (κ2) is 11.3. The summed E-state index contributed by atoms with van der Waals surface area (Å²) in [7, 11) is 0. The number of pyridine rings is 1. The van der Waals surface area contributed by atoms with E-state index in [2.05, 4.69) is 27.7 Å². The van der Waals surface area contributed by atoms with Crippen LogP contribution in [-0.4, -0.2) is 64.9 Å². The smallest absolute Gasteiger partial charge is 0.408 e. The predicted molar refractivity (Wildman–Crippen MR) is 119 cm³/mol. The number of hydrogen-bond donors (Lipinski definition) is 3. The van der Waals surface area contributed by atoms with E-state index in [1.54, 1.807) is 13.8 Å². The minimum atomic E-state index is -1.02. The minimum absolute atomic E-state index is 0.280. The van der Waals surface area contributed by atoms with E-state index >= 15 is 0 Å². The number of unbranched alkanes of at least 4 members (excludes halogenated alkanes) is 1. The third-order valence-corrected chi connectivity index (χ3v) is 5.78. The number of hydrogen-bond acceptors (Lipinski definition) is 6. The van der Waals surface area contributed by atoms with Crippen LogP contribution in [0.1, 0.15) is 63.6 Å². The van der Waals surface area contributed by atoms with Gasteiger partial charge in [0.15, 0.2) is 0 Å². The van der Waals surface area contributed by atoms with Gasteiger partial charge in [-0.15, -0.1) is 0 Å². The Morgan fingerprint density at radius 1 is 1.29 bits per heavy atom. The first-order valence-corrected chi connectivity index (χ1v) is 11.6. The molecule has 2 heterocycles. The first-order valence-electron chi connectivity index (χ1n) is 11.6. The lowest BCUT2D eigenvalue weighted by atomic mass is 10.1. The van der Waals surface area contributed by atoms with Gasteiger partial charge in [-0.2, -0.15) is 0 Å². The third kappa shape index (κ3) is 7.69. The lowest BCUT2D eigenvalue weighted by Gasteiger charge is -2.24. The lowest BCUT2D eigenvalue weighted by molar-refractivity contribution is -0.139. The molecule has 8 heteroatoms. The number of rotatable bonds is 12. The topological polar surface area (TPSA) is 104 Å². The Morgan fingerprint density at radius 2 is 2.10 bits per heavy atom. The second-order valence-corrected chi connectivity index (χ2v) is 8.84. The fourth-order valence-electron chi connectivity index (χ4n) is 3.99. The number of aromatic nitrogens is 1. The Kier molecular flexibility index (Phi) is 8.51. The van der Waals surface area contributed by atoms with Gasteiger partial charge in [0.05, 0.1) is 6.10 Å². The van der Waals surface area contributed by atoms with E-state index in [0.29, 0.717) is 19.0 Å². The number of aliphatic carboxylic acids is 1. The van der Waals surface area contributed by atoms with Crippen LogP contribution < -0.4 is 10.6 Å². The van der Waals surface area contributed by atoms with Gasteiger partial charge >= 0.3 is 12.1 Å². The summed E-state index contributed by atoms with van der Waals surface area (Å²) in [5, 5.41) is 15.3. The number of nitrogens with one attached hydrogen (secondary N) is 2. The van der Waals surface area contributed by atoms with Crippen LogP contribution in [-0.2, 0) is 22.4 Å². The van der Waals surface area contributed by atoms with Gasteiger partial charge in [0.1, 0.15) is 11.9 Å². The molecule has 1 saturated carbocycles. The first kappa shape index (κ1) is 23.3. The van der Waals surface area contributed by atoms with E-state index in [1.165, 1.54) is 24.8 Å². The van der Waals surface area contributed by atoms with E-state index in [-0.39, 0.29) is 6.10 Å². The third-order valence-electron chi connectivity index (χ3n) is 5.78. The number of carboxylic acids is 1. The Balaban J connectivity index is 1.41. The molecule has 0 aromatic carbocycles. The van der Waals surface area contributed by atoms with Crippen molar-refractivity contribution >= 4 is 17.9 Å². The maximum absolute atomic E-state index is 11.8. The van der Waals surface area contributed by atoms with Crippen LogP contribution in [0.5, 0.6) is 0 Å². The number of anilines is 1. The van der Waals surface area contributed by atoms with Gasteiger partial charge in [-0.1, -0.05) is 6.07 Å². The van der Waals surface area contributed by atoms with Gasteiger partial charge in [-0.3, -0.25) is 0 Å². The molecule has 0 saturated heterocycles. The van der Waals surface area contributed by atoms with Gasteiger partial charge in [-0.05, 0) is 83.4 Å². The average Bonchev–Trinajstić information content (AvgIpc) is 3.56. The number of nitrogens with zero attached hydrogens (tertiary/aromatic N) is 2. The first-order chi connectivity index (χ1) is 14.9. The molecule has 172 valence electrons. The van der Waals surface area contributed by atoms with Crippen molar-refractivity contribution in [3.63, 3.8) is 0 Å². The summed E-state index contributed by atoms with van der Waals surface area (Å²) in [6.07, 6.45) is 7.07. The Hall–Kier alpha value is -2.35. The molecule has 2 aliphatic rings. The molecular formula is C23H36N4O4. The molecule has 3 rings (SSSR count). The summed E-state index contributed by atoms with van der Waals surface area (Å²) in [5.74, 6) is 0.0232. The van der Waals surface area contributed by atoms with Gasteiger partial charge in [0, 0.05) is 24.8 Å². The monoisotopic (exact) mass is 432 g/mol. The molecule has 0 unspecified atom stereocenters. The number of carbonyl (C=O) groups excluding carboxylic acids is 1. The summed E-state index contributed by atoms with van der Waals surface area (Å²) in [6.45, 7) is 6.07. The zero-order chi connectivity index (χ0) is 22.2. The van der Waals surface area contributed by atoms with E-state index in [1.807, 2.05) is 0 Å². The van der Waals surface area contributed by atoms with Crippen LogP contribution in [0.15, 0.2) is 12.1 Å². The highest BCUT2D eigenvalue weighted by atomic mass is 16.6. The molecule has 1 aliphatic heterocycles. The summed E-state index contributed by atoms with van der Waals surface area (Å²) in [5.41, 5.74) is 2.44. The second-order valence-electron chi connectivity index (χ2n) is 8.84. The maximum Gasteiger partial charge on any atom is 0.408 e. The van der Waals surface area contributed by atoms with Crippen LogP contribution >= 0.6 is 0 Å². The predicted octanol–water partition coefficient (Wildman–Crippen LogP) is 3.20. The van der Waals surface area contributed by atoms with Crippen LogP contribution in [0, 0.1) is 0 Å². The van der Waals surface area contributed by atoms with Crippen molar-refractivity contribution in [1.82, 2.24) is 15.2 Å². The van der Waals surface area contributed by atoms with Gasteiger partial charge in [0.2, 0.25) is 0 Å². The van der Waals surface area contributed by atoms with Gasteiger partial charge < -0.3 is 25.4 Å². The van der Waals surface area contributed by atoms with Crippen LogP contribution in [0.25, 0.3) is 0 Å². The summed E-state index contributed by atoms with van der Waals surface area (Å²) >= 11 is 0. The molecule has 1 aromatic heterocycles. The van der Waals surface area contributed by atoms with E-state index in [0.717, 1.165) is 50.3 Å². The fourth-order valence-corrected chi connectivity index (χ4v) is 3.99. The highest BCUT2D eigenvalue weighted by molar-refractivity contribution is 5.79. The Bertz CT molecular complexity index is 751. The average molecular weight is 433 g/mol. The van der Waals surface area contributed by atoms with Crippen LogP contribution in [0.2, 0.25) is 0 Å². The fraction of sp³-hybridized carbons (Fsp3) is 0.696. The van der Waals surface area contributed by atoms with Gasteiger partial charge in [0.25, 0.3) is 0 Å². The van der Waals surface area contributed by atoms with Crippen LogP contribution in [0.3, 0.4) is 0 Å². The van der Waals surface area contributed by atoms with Crippen molar-refractivity contribution in [2.24, 2.45) is 0 Å². The van der Waals surface area contributed by atoms with Crippen molar-refractivity contribution in [3.05, 3.63) is 23.4 Å². The van der Waals surface area contributed by atoms with Crippen molar-refractivity contribution in [2.75, 3.05) is 25.0 Å². The Morgan fingerprint density at radius 3 is 2.81 bits per heavy atom. The number of ether oxygens (including phenoxy) is 1. The van der Waals surface area contributed by atoms with E-state index in [4.69, 9.17) is 9.72 Å². The lowest BCUT2D eigenvalue weighted by Crippen LogP contribution is -2.44. The summed E-state index contributed by atoms with van der Waals surface area (Å²) < 4.78 is 5.02. The quantitative estimate of drug-likeness (QED) is 0.436. The molecule has 31 heavy (non-hydrogen) atoms. The number of aryl methyl sites for hydroxylation is 2. The zero-order valence-electron chi connectivity index (χ0n) is 18.7. The van der Waals surface area contributed by atoms with Crippen molar-refractivity contribution in [3.8, 4) is 0 Å². The van der Waals surface area contributed by atoms with E-state index in [9.17, 15) is 14.7 Å². The number of carbonyl (C=O) groups is 2. The molecule has 1 amide bonds. The molecule has 1 aliphatic carbocycles. The summed E-state index contributed by atoms with van der Waals surface area (Å²) in [4.78, 5) is 30.4. The highest BCUT2D eigenvalue weighted by Gasteiger charge is 2.30. The molecule has 0 bridgehead atoms. The number of amides is 1. The highest BCUT2D eigenvalue weighted by Crippen LogP contribution is 2.27. The molecule has 3 N–H and O–H groups in total. The molecular weight excluding hydrogens is 396 g/mol. The van der Waals surface area contributed by atoms with Crippen LogP contribution in [0.4, 0.5) is 10.6 Å². The SMILES string of the molecule is CC(C)OC(=O)N[C@@H](CCN(CCCCc1ccc2c(n1)NCCC2)C1CC1)C(=O)O. The zero-order valence-corrected chi connectivity index (χ0v) is 18.7. The minimum Gasteiger partial charge on any atom is -0.480 e. The normalized spacial score (nSPS) is 16.5. The standard InChI is InChI=1S/C23H36N4O4/c1-16(2)31-23(30)26-20(22(28)29)12-15-27(19-10-11-19)14-4-3-7-18-9-8-17-6-5-13-24-21(17)25-18/h8-9,16,19-20H,3-7,10-15H2,1-2H3,(H,24,25)(H,26,30)(H,28,29)/t20-/m0/s1. The Labute approximate surface area is 184 Å². The molecule has 1 fully saturated rings. The number of alkyl carbamates (subject to hydrolysis) is 1. The molecule has 1 aromatic rings. The summed E-state index contributed by atoms with van der Waals surface area (Å²) in [6, 6.07) is 3.95. The molecule has 0 spiro atoms. The van der Waals surface area contributed by atoms with Gasteiger partial charge in [-0.25, -0.2) is 14.6 Å². The number of carboxylic acid groups (broad SMARTS) is 1. The maximum atomic E-state index is 11.8. The van der Waals surface area contributed by atoms with Crippen molar-refractivity contribution in [2.45, 2.75) is 83.4 Å². The molecule has 1 atom stereocenters. The van der Waals surface area contributed by atoms with Crippen molar-refractivity contribution < 1.29 is 19.4 Å².